The van der Waals surface area contributed by atoms with E-state index in [1.165, 1.54) is 5.56 Å². The number of hydrogen-bond donors (Lipinski definition) is 0. The lowest BCUT2D eigenvalue weighted by molar-refractivity contribution is 0.670. The maximum atomic E-state index is 4.17. The van der Waals surface area contributed by atoms with Gasteiger partial charge >= 0.3 is 0 Å². The van der Waals surface area contributed by atoms with Crippen molar-refractivity contribution in [3.05, 3.63) is 58.6 Å². The van der Waals surface area contributed by atoms with Crippen LogP contribution in [0.15, 0.2) is 53.0 Å². The summed E-state index contributed by atoms with van der Waals surface area (Å²) >= 11 is 3.43. The van der Waals surface area contributed by atoms with Crippen molar-refractivity contribution in [3.8, 4) is 0 Å². The summed E-state index contributed by atoms with van der Waals surface area (Å²) in [7, 11) is 0. The van der Waals surface area contributed by atoms with E-state index in [1.807, 2.05) is 41.1 Å². The molecule has 0 spiro atoms. The second-order valence-electron chi connectivity index (χ2n) is 3.86. The van der Waals surface area contributed by atoms with Gasteiger partial charge in [0, 0.05) is 4.47 Å². The summed E-state index contributed by atoms with van der Waals surface area (Å²) in [6.07, 6.45) is 0. The second kappa shape index (κ2) is 4.30. The first-order chi connectivity index (χ1) is 8.33. The maximum Gasteiger partial charge on any atom is 0.113 e. The summed E-state index contributed by atoms with van der Waals surface area (Å²) < 4.78 is 3.00. The van der Waals surface area contributed by atoms with E-state index in [-0.39, 0.29) is 0 Å². The van der Waals surface area contributed by atoms with Crippen LogP contribution in [0.1, 0.15) is 5.56 Å². The molecule has 0 N–H and O–H groups in total. The Hall–Kier alpha value is -1.68. The molecule has 0 atom stereocenters. The highest BCUT2D eigenvalue weighted by Gasteiger charge is 2.03. The van der Waals surface area contributed by atoms with E-state index < -0.39 is 0 Å². The minimum atomic E-state index is 0.744. The third kappa shape index (κ3) is 2.08. The molecule has 1 aromatic heterocycles. The maximum absolute atomic E-state index is 4.17. The average Bonchev–Trinajstić information content (AvgIpc) is 2.76. The number of para-hydroxylation sites is 1. The Morgan fingerprint density at radius 3 is 2.59 bits per heavy atom. The molecule has 0 aliphatic heterocycles. The van der Waals surface area contributed by atoms with Crippen molar-refractivity contribution in [2.45, 2.75) is 6.54 Å². The Bertz CT molecular complexity index is 643. The van der Waals surface area contributed by atoms with Crippen LogP contribution in [-0.2, 0) is 6.54 Å². The van der Waals surface area contributed by atoms with Crippen molar-refractivity contribution in [3.63, 3.8) is 0 Å². The van der Waals surface area contributed by atoms with Crippen LogP contribution in [0.5, 0.6) is 0 Å². The molecule has 0 bridgehead atoms. The minimum Gasteiger partial charge on any atom is -0.240 e. The summed E-state index contributed by atoms with van der Waals surface area (Å²) in [5.74, 6) is 0. The van der Waals surface area contributed by atoms with Crippen LogP contribution < -0.4 is 0 Å². The van der Waals surface area contributed by atoms with E-state index in [0.29, 0.717) is 0 Å². The van der Waals surface area contributed by atoms with Crippen molar-refractivity contribution in [1.29, 1.82) is 0 Å². The Kier molecular flexibility index (Phi) is 2.65. The predicted octanol–water partition coefficient (Wildman–Crippen LogP) is 3.24. The molecule has 84 valence electrons. The molecule has 0 aliphatic rings. The summed E-state index contributed by atoms with van der Waals surface area (Å²) in [4.78, 5) is 0. The topological polar surface area (TPSA) is 30.7 Å². The van der Waals surface area contributed by atoms with Gasteiger partial charge in [0.1, 0.15) is 5.52 Å². The van der Waals surface area contributed by atoms with Crippen molar-refractivity contribution in [2.24, 2.45) is 0 Å². The zero-order valence-electron chi connectivity index (χ0n) is 9.05. The van der Waals surface area contributed by atoms with Crippen LogP contribution in [0, 0.1) is 0 Å². The highest BCUT2D eigenvalue weighted by atomic mass is 79.9. The summed E-state index contributed by atoms with van der Waals surface area (Å²) in [6, 6.07) is 16.2. The van der Waals surface area contributed by atoms with Gasteiger partial charge < -0.3 is 0 Å². The Balaban J connectivity index is 1.97. The summed E-state index contributed by atoms with van der Waals surface area (Å²) in [6.45, 7) is 0.744. The van der Waals surface area contributed by atoms with E-state index >= 15 is 0 Å². The van der Waals surface area contributed by atoms with E-state index in [0.717, 1.165) is 22.1 Å². The number of aromatic nitrogens is 3. The highest BCUT2D eigenvalue weighted by molar-refractivity contribution is 9.10. The Morgan fingerprint density at radius 1 is 1.00 bits per heavy atom. The van der Waals surface area contributed by atoms with E-state index in [1.54, 1.807) is 0 Å². The number of rotatable bonds is 2. The molecular formula is C13H10BrN3. The van der Waals surface area contributed by atoms with Gasteiger partial charge in [-0.3, -0.25) is 0 Å². The van der Waals surface area contributed by atoms with Gasteiger partial charge in [-0.05, 0) is 29.8 Å². The van der Waals surface area contributed by atoms with Crippen LogP contribution in [0.2, 0.25) is 0 Å². The average molecular weight is 288 g/mol. The quantitative estimate of drug-likeness (QED) is 0.724. The minimum absolute atomic E-state index is 0.744. The zero-order chi connectivity index (χ0) is 11.7. The summed E-state index contributed by atoms with van der Waals surface area (Å²) in [5, 5.41) is 8.30. The van der Waals surface area contributed by atoms with Crippen molar-refractivity contribution in [1.82, 2.24) is 15.0 Å². The van der Waals surface area contributed by atoms with E-state index in [9.17, 15) is 0 Å². The molecule has 2 aromatic carbocycles. The molecule has 1 heterocycles. The largest absolute Gasteiger partial charge is 0.240 e. The molecule has 3 nitrogen and oxygen atoms in total. The molecular weight excluding hydrogens is 278 g/mol. The lowest BCUT2D eigenvalue weighted by Crippen LogP contribution is -2.01. The number of benzene rings is 2. The highest BCUT2D eigenvalue weighted by Crippen LogP contribution is 2.14. The molecule has 0 saturated carbocycles. The molecule has 4 heteroatoms. The van der Waals surface area contributed by atoms with E-state index in [4.69, 9.17) is 0 Å². The molecule has 0 radical (unpaired) electrons. The van der Waals surface area contributed by atoms with Crippen LogP contribution >= 0.6 is 15.9 Å². The third-order valence-corrected chi connectivity index (χ3v) is 3.19. The van der Waals surface area contributed by atoms with E-state index in [2.05, 4.69) is 38.4 Å². The number of nitrogens with zero attached hydrogens (tertiary/aromatic N) is 3. The van der Waals surface area contributed by atoms with Gasteiger partial charge in [-0.15, -0.1) is 5.10 Å². The predicted molar refractivity (Wildman–Crippen MR) is 70.8 cm³/mol. The second-order valence-corrected chi connectivity index (χ2v) is 4.78. The van der Waals surface area contributed by atoms with Gasteiger partial charge in [-0.1, -0.05) is 45.4 Å². The molecule has 3 rings (SSSR count). The van der Waals surface area contributed by atoms with Gasteiger partial charge in [0.25, 0.3) is 0 Å². The standard InChI is InChI=1S/C13H10BrN3/c14-11-7-5-10(6-8-11)9-17-13-4-2-1-3-12(13)15-16-17/h1-8H,9H2. The van der Waals surface area contributed by atoms with Gasteiger partial charge in [0.2, 0.25) is 0 Å². The number of halogens is 1. The fraction of sp³-hybridized carbons (Fsp3) is 0.0769. The third-order valence-electron chi connectivity index (χ3n) is 2.67. The first kappa shape index (κ1) is 10.5. The molecule has 3 aromatic rings. The van der Waals surface area contributed by atoms with Gasteiger partial charge in [-0.2, -0.15) is 0 Å². The van der Waals surface area contributed by atoms with Crippen LogP contribution in [0.25, 0.3) is 11.0 Å². The molecule has 0 saturated heterocycles. The SMILES string of the molecule is Brc1ccc(Cn2nnc3ccccc32)cc1. The van der Waals surface area contributed by atoms with Crippen molar-refractivity contribution < 1.29 is 0 Å². The fourth-order valence-electron chi connectivity index (χ4n) is 1.80. The lowest BCUT2D eigenvalue weighted by atomic mass is 10.2. The fourth-order valence-corrected chi connectivity index (χ4v) is 2.06. The molecule has 0 aliphatic carbocycles. The lowest BCUT2D eigenvalue weighted by Gasteiger charge is -2.02. The summed E-state index contributed by atoms with van der Waals surface area (Å²) in [5.41, 5.74) is 3.21. The molecule has 0 fully saturated rings. The molecule has 0 unspecified atom stereocenters. The van der Waals surface area contributed by atoms with Crippen LogP contribution in [0.3, 0.4) is 0 Å². The van der Waals surface area contributed by atoms with Crippen molar-refractivity contribution >= 4 is 27.0 Å². The van der Waals surface area contributed by atoms with Crippen molar-refractivity contribution in [2.75, 3.05) is 0 Å². The first-order valence-electron chi connectivity index (χ1n) is 5.35. The molecule has 0 amide bonds. The van der Waals surface area contributed by atoms with Gasteiger partial charge in [0.05, 0.1) is 12.1 Å². The number of hydrogen-bond acceptors (Lipinski definition) is 2. The monoisotopic (exact) mass is 287 g/mol. The Morgan fingerprint density at radius 2 is 1.76 bits per heavy atom. The first-order valence-corrected chi connectivity index (χ1v) is 6.15. The van der Waals surface area contributed by atoms with Gasteiger partial charge in [0.15, 0.2) is 0 Å². The zero-order valence-corrected chi connectivity index (χ0v) is 10.6. The number of fused-ring (bicyclic) bond motifs is 1. The van der Waals surface area contributed by atoms with Crippen LogP contribution in [-0.4, -0.2) is 15.0 Å². The van der Waals surface area contributed by atoms with Gasteiger partial charge in [-0.25, -0.2) is 4.68 Å². The van der Waals surface area contributed by atoms with Crippen LogP contribution in [0.4, 0.5) is 0 Å². The Labute approximate surface area is 107 Å². The molecule has 17 heavy (non-hydrogen) atoms. The smallest absolute Gasteiger partial charge is 0.113 e. The normalized spacial score (nSPS) is 10.9.